The highest BCUT2D eigenvalue weighted by molar-refractivity contribution is 7.20. The molecule has 152 valence electrons. The topological polar surface area (TPSA) is 102 Å². The highest BCUT2D eigenvalue weighted by Crippen LogP contribution is 2.35. The number of hydrogen-bond donors (Lipinski definition) is 2. The molecule has 2 heterocycles. The Kier molecular flexibility index (Phi) is 6.40. The van der Waals surface area contributed by atoms with Gasteiger partial charge in [0, 0.05) is 18.5 Å². The first-order valence-corrected chi connectivity index (χ1v) is 9.85. The van der Waals surface area contributed by atoms with Crippen LogP contribution >= 0.6 is 11.3 Å². The summed E-state index contributed by atoms with van der Waals surface area (Å²) in [7, 11) is 1.47. The first-order valence-electron chi connectivity index (χ1n) is 9.03. The van der Waals surface area contributed by atoms with Gasteiger partial charge in [0.1, 0.15) is 28.0 Å². The van der Waals surface area contributed by atoms with E-state index in [1.54, 1.807) is 26.0 Å². The third kappa shape index (κ3) is 4.69. The molecule has 0 bridgehead atoms. The minimum atomic E-state index is -0.354. The van der Waals surface area contributed by atoms with Crippen LogP contribution in [-0.4, -0.2) is 42.2 Å². The molecule has 0 aliphatic rings. The molecule has 3 aromatic rings. The van der Waals surface area contributed by atoms with Crippen molar-refractivity contribution in [2.24, 2.45) is 0 Å². The van der Waals surface area contributed by atoms with Crippen LogP contribution in [0, 0.1) is 13.8 Å². The number of amides is 1. The molecular formula is C20H22N4O4S. The number of anilines is 3. The van der Waals surface area contributed by atoms with Crippen LogP contribution in [0.4, 0.5) is 17.2 Å². The Hall–Kier alpha value is -3.04. The minimum Gasteiger partial charge on any atom is -0.462 e. The zero-order chi connectivity index (χ0) is 21.0. The molecular weight excluding hydrogens is 392 g/mol. The van der Waals surface area contributed by atoms with Crippen LogP contribution in [0.2, 0.25) is 0 Å². The number of methoxy groups -OCH3 is 1. The molecule has 9 heteroatoms. The minimum absolute atomic E-state index is 0.00156. The van der Waals surface area contributed by atoms with Crippen molar-refractivity contribution in [1.82, 2.24) is 9.97 Å². The van der Waals surface area contributed by atoms with Crippen LogP contribution in [0.5, 0.6) is 0 Å². The summed E-state index contributed by atoms with van der Waals surface area (Å²) < 4.78 is 9.95. The number of benzene rings is 1. The second-order valence-electron chi connectivity index (χ2n) is 6.26. The lowest BCUT2D eigenvalue weighted by Gasteiger charge is -2.10. The maximum atomic E-state index is 12.2. The average Bonchev–Trinajstić information content (AvgIpc) is 3.00. The Balaban J connectivity index is 1.89. The number of nitrogens with one attached hydrogen (secondary N) is 2. The van der Waals surface area contributed by atoms with Crippen molar-refractivity contribution in [3.05, 3.63) is 40.5 Å². The molecule has 3 rings (SSSR count). The van der Waals surface area contributed by atoms with Gasteiger partial charge in [-0.3, -0.25) is 4.79 Å². The number of aryl methyl sites for hydroxylation is 2. The van der Waals surface area contributed by atoms with Crippen LogP contribution in [0.15, 0.2) is 24.3 Å². The Morgan fingerprint density at radius 1 is 1.10 bits per heavy atom. The SMILES string of the molecule is CCOC(=O)c1sc2nc(C)nc(Nc3ccc(NC(=O)COC)cc3)c2c1C. The molecule has 0 saturated carbocycles. The molecule has 0 fully saturated rings. The Labute approximate surface area is 172 Å². The molecule has 0 radical (unpaired) electrons. The number of hydrogen-bond acceptors (Lipinski definition) is 8. The zero-order valence-corrected chi connectivity index (χ0v) is 17.5. The summed E-state index contributed by atoms with van der Waals surface area (Å²) in [5, 5.41) is 6.82. The molecule has 0 aliphatic carbocycles. The van der Waals surface area contributed by atoms with Gasteiger partial charge in [0.2, 0.25) is 5.91 Å². The molecule has 29 heavy (non-hydrogen) atoms. The van der Waals surface area contributed by atoms with E-state index in [1.165, 1.54) is 18.4 Å². The van der Waals surface area contributed by atoms with Gasteiger partial charge >= 0.3 is 5.97 Å². The second kappa shape index (κ2) is 8.97. The summed E-state index contributed by atoms with van der Waals surface area (Å²) in [6, 6.07) is 7.23. The first kappa shape index (κ1) is 20.7. The number of aromatic nitrogens is 2. The van der Waals surface area contributed by atoms with E-state index in [0.717, 1.165) is 21.5 Å². The van der Waals surface area contributed by atoms with Crippen LogP contribution in [0.25, 0.3) is 10.2 Å². The fourth-order valence-corrected chi connectivity index (χ4v) is 3.95. The molecule has 2 N–H and O–H groups in total. The van der Waals surface area contributed by atoms with Gasteiger partial charge in [-0.1, -0.05) is 0 Å². The first-order chi connectivity index (χ1) is 13.9. The highest BCUT2D eigenvalue weighted by atomic mass is 32.1. The van der Waals surface area contributed by atoms with E-state index in [2.05, 4.69) is 20.6 Å². The van der Waals surface area contributed by atoms with Crippen molar-refractivity contribution in [1.29, 1.82) is 0 Å². The summed E-state index contributed by atoms with van der Waals surface area (Å²) in [5.74, 6) is 0.641. The van der Waals surface area contributed by atoms with E-state index in [9.17, 15) is 9.59 Å². The van der Waals surface area contributed by atoms with Crippen LogP contribution in [-0.2, 0) is 14.3 Å². The Morgan fingerprint density at radius 2 is 1.79 bits per heavy atom. The summed E-state index contributed by atoms with van der Waals surface area (Å²) in [4.78, 5) is 34.1. The summed E-state index contributed by atoms with van der Waals surface area (Å²) in [5.41, 5.74) is 2.24. The Morgan fingerprint density at radius 3 is 2.45 bits per heavy atom. The van der Waals surface area contributed by atoms with Gasteiger partial charge in [-0.2, -0.15) is 0 Å². The smallest absolute Gasteiger partial charge is 0.348 e. The van der Waals surface area contributed by atoms with Gasteiger partial charge in [-0.15, -0.1) is 11.3 Å². The van der Waals surface area contributed by atoms with E-state index >= 15 is 0 Å². The normalized spacial score (nSPS) is 10.8. The summed E-state index contributed by atoms with van der Waals surface area (Å²) >= 11 is 1.30. The monoisotopic (exact) mass is 414 g/mol. The van der Waals surface area contributed by atoms with Crippen molar-refractivity contribution in [3.8, 4) is 0 Å². The van der Waals surface area contributed by atoms with E-state index in [0.29, 0.717) is 28.8 Å². The third-order valence-corrected chi connectivity index (χ3v) is 5.24. The summed E-state index contributed by atoms with van der Waals surface area (Å²) in [6.07, 6.45) is 0. The van der Waals surface area contributed by atoms with Crippen molar-refractivity contribution in [2.75, 3.05) is 31.0 Å². The number of fused-ring (bicyclic) bond motifs is 1. The number of nitrogens with zero attached hydrogens (tertiary/aromatic N) is 2. The van der Waals surface area contributed by atoms with Gasteiger partial charge in [-0.25, -0.2) is 14.8 Å². The summed E-state index contributed by atoms with van der Waals surface area (Å²) in [6.45, 7) is 5.76. The van der Waals surface area contributed by atoms with E-state index in [-0.39, 0.29) is 18.5 Å². The number of ether oxygens (including phenoxy) is 2. The lowest BCUT2D eigenvalue weighted by Crippen LogP contribution is -2.16. The van der Waals surface area contributed by atoms with Crippen LogP contribution in [0.3, 0.4) is 0 Å². The molecule has 0 saturated heterocycles. The van der Waals surface area contributed by atoms with Gasteiger partial charge in [0.25, 0.3) is 0 Å². The molecule has 2 aromatic heterocycles. The largest absolute Gasteiger partial charge is 0.462 e. The van der Waals surface area contributed by atoms with Gasteiger partial charge in [0.05, 0.1) is 12.0 Å². The number of thiophene rings is 1. The molecule has 0 aliphatic heterocycles. The standard InChI is InChI=1S/C20H22N4O4S/c1-5-28-20(26)17-11(2)16-18(21-12(3)22-19(16)29-17)24-14-8-6-13(7-9-14)23-15(25)10-27-4/h6-9H,5,10H2,1-4H3,(H,23,25)(H,21,22,24). The van der Waals surface area contributed by atoms with Crippen molar-refractivity contribution >= 4 is 50.6 Å². The molecule has 8 nitrogen and oxygen atoms in total. The number of carbonyl (C=O) groups is 2. The van der Waals surface area contributed by atoms with Crippen LogP contribution in [0.1, 0.15) is 28.0 Å². The van der Waals surface area contributed by atoms with Crippen molar-refractivity contribution < 1.29 is 19.1 Å². The molecule has 1 aromatic carbocycles. The van der Waals surface area contributed by atoms with Crippen molar-refractivity contribution in [2.45, 2.75) is 20.8 Å². The lowest BCUT2D eigenvalue weighted by molar-refractivity contribution is -0.119. The van der Waals surface area contributed by atoms with Crippen LogP contribution < -0.4 is 10.6 Å². The lowest BCUT2D eigenvalue weighted by atomic mass is 10.2. The molecule has 0 spiro atoms. The fourth-order valence-electron chi connectivity index (χ4n) is 2.83. The maximum absolute atomic E-state index is 12.2. The molecule has 0 unspecified atom stereocenters. The number of esters is 1. The molecule has 1 amide bonds. The molecule has 0 atom stereocenters. The second-order valence-corrected chi connectivity index (χ2v) is 7.26. The fraction of sp³-hybridized carbons (Fsp3) is 0.300. The van der Waals surface area contributed by atoms with Gasteiger partial charge in [-0.05, 0) is 50.6 Å². The van der Waals surface area contributed by atoms with Gasteiger partial charge in [0.15, 0.2) is 0 Å². The third-order valence-electron chi connectivity index (χ3n) is 4.07. The maximum Gasteiger partial charge on any atom is 0.348 e. The van der Waals surface area contributed by atoms with Crippen molar-refractivity contribution in [3.63, 3.8) is 0 Å². The number of rotatable bonds is 7. The highest BCUT2D eigenvalue weighted by Gasteiger charge is 2.21. The average molecular weight is 414 g/mol. The van der Waals surface area contributed by atoms with Gasteiger partial charge < -0.3 is 20.1 Å². The predicted octanol–water partition coefficient (Wildman–Crippen LogP) is 3.81. The van der Waals surface area contributed by atoms with E-state index in [1.807, 2.05) is 19.1 Å². The van der Waals surface area contributed by atoms with E-state index < -0.39 is 0 Å². The zero-order valence-electron chi connectivity index (χ0n) is 16.7. The quantitative estimate of drug-likeness (QED) is 0.567. The number of carbonyl (C=O) groups excluding carboxylic acids is 2. The Bertz CT molecular complexity index is 1050. The van der Waals surface area contributed by atoms with E-state index in [4.69, 9.17) is 9.47 Å². The predicted molar refractivity (Wildman–Crippen MR) is 113 cm³/mol.